The number of aromatic nitrogens is 7. The fourth-order valence-electron chi connectivity index (χ4n) is 9.47. The van der Waals surface area contributed by atoms with E-state index in [4.69, 9.17) is 25.5 Å². The Hall–Kier alpha value is -4.72. The number of hydrogen-bond acceptors (Lipinski definition) is 14. The van der Waals surface area contributed by atoms with Crippen LogP contribution in [0.1, 0.15) is 69.8 Å². The van der Waals surface area contributed by atoms with Gasteiger partial charge in [-0.2, -0.15) is 20.2 Å². The highest BCUT2D eigenvalue weighted by atomic mass is 19.1. The number of nitrogens with one attached hydrogen (secondary N) is 3. The van der Waals surface area contributed by atoms with E-state index < -0.39 is 5.79 Å². The number of morpholine rings is 1. The number of allylic oxidation sites excluding steroid dienone is 2. The number of anilines is 4. The fraction of sp³-hybridized carbons (Fsp3) is 0.614. The number of hydrogen-bond donors (Lipinski definition) is 6. The van der Waals surface area contributed by atoms with Crippen LogP contribution >= 0.6 is 0 Å². The molecule has 3 fully saturated rings. The van der Waals surface area contributed by atoms with Crippen LogP contribution < -0.4 is 21.7 Å². The lowest BCUT2D eigenvalue weighted by molar-refractivity contribution is -0.104. The lowest BCUT2D eigenvalue weighted by atomic mass is 9.84. The predicted molar refractivity (Wildman–Crippen MR) is 238 cm³/mol. The SMILES string of the molecule is CN(C)CCn1cc(Nc2nc(NC3CCC(CO)CC3)c3c(C4=C(C=O)C=CC(F)(NC5CCC(CO)CC5)C4)c(N)n(-c4cnn(CCCN5CCOCC5)c4)c3n2)cn1. The van der Waals surface area contributed by atoms with Crippen molar-refractivity contribution in [2.45, 2.75) is 95.2 Å². The molecule has 1 atom stereocenters. The van der Waals surface area contributed by atoms with Gasteiger partial charge in [-0.1, -0.05) is 6.08 Å². The number of aliphatic hydroxyl groups excluding tert-OH is 2. The molecule has 0 bridgehead atoms. The molecule has 0 aromatic carbocycles. The van der Waals surface area contributed by atoms with Crippen LogP contribution in [0.3, 0.4) is 0 Å². The van der Waals surface area contributed by atoms with Crippen LogP contribution in [0, 0.1) is 11.8 Å². The molecule has 18 heteroatoms. The second kappa shape index (κ2) is 19.8. The molecule has 0 radical (unpaired) electrons. The number of nitrogen functional groups attached to an aromatic ring is 1. The maximum absolute atomic E-state index is 17.3. The quantitative estimate of drug-likeness (QED) is 0.0617. The highest BCUT2D eigenvalue weighted by Gasteiger charge is 2.38. The molecule has 1 aliphatic heterocycles. The lowest BCUT2D eigenvalue weighted by Crippen LogP contribution is -2.48. The van der Waals surface area contributed by atoms with Crippen molar-refractivity contribution in [3.8, 4) is 5.69 Å². The van der Waals surface area contributed by atoms with Gasteiger partial charge in [-0.05, 0) is 95.4 Å². The van der Waals surface area contributed by atoms with Gasteiger partial charge in [-0.15, -0.1) is 0 Å². The van der Waals surface area contributed by atoms with Crippen molar-refractivity contribution in [2.75, 3.05) is 83.1 Å². The van der Waals surface area contributed by atoms with E-state index in [1.54, 1.807) is 18.5 Å². The Labute approximate surface area is 362 Å². The van der Waals surface area contributed by atoms with Crippen molar-refractivity contribution in [1.29, 1.82) is 0 Å². The van der Waals surface area contributed by atoms with Gasteiger partial charge in [-0.3, -0.25) is 28.9 Å². The number of carbonyl (C=O) groups is 1. The third kappa shape index (κ3) is 10.2. The number of likely N-dealkylation sites (N-methyl/N-ethyl adjacent to an activating group) is 1. The van der Waals surface area contributed by atoms with Gasteiger partial charge in [0.15, 0.2) is 11.4 Å². The largest absolute Gasteiger partial charge is 0.396 e. The lowest BCUT2D eigenvalue weighted by Gasteiger charge is -2.36. The normalized spacial score (nSPS) is 24.9. The number of halogens is 1. The van der Waals surface area contributed by atoms with Gasteiger partial charge >= 0.3 is 0 Å². The van der Waals surface area contributed by atoms with E-state index in [9.17, 15) is 15.0 Å². The highest BCUT2D eigenvalue weighted by molar-refractivity contribution is 6.08. The number of rotatable bonds is 18. The molecule has 336 valence electrons. The summed E-state index contributed by atoms with van der Waals surface area (Å²) in [5, 5.41) is 39.9. The highest BCUT2D eigenvalue weighted by Crippen LogP contribution is 2.46. The summed E-state index contributed by atoms with van der Waals surface area (Å²) in [4.78, 5) is 27.7. The van der Waals surface area contributed by atoms with Crippen molar-refractivity contribution < 1.29 is 24.1 Å². The third-order valence-corrected chi connectivity index (χ3v) is 13.1. The maximum atomic E-state index is 17.3. The first-order valence-corrected chi connectivity index (χ1v) is 22.4. The molecule has 4 aliphatic rings. The summed E-state index contributed by atoms with van der Waals surface area (Å²) >= 11 is 0. The van der Waals surface area contributed by atoms with E-state index in [-0.39, 0.29) is 43.6 Å². The number of alkyl halides is 1. The Balaban J connectivity index is 1.21. The summed E-state index contributed by atoms with van der Waals surface area (Å²) in [5.41, 5.74) is 10.5. The molecular weight excluding hydrogens is 794 g/mol. The van der Waals surface area contributed by atoms with Gasteiger partial charge < -0.3 is 36.2 Å². The number of aldehydes is 1. The minimum Gasteiger partial charge on any atom is -0.396 e. The Bertz CT molecular complexity index is 2190. The molecule has 7 N–H and O–H groups in total. The standard InChI is InChI=1S/C44H64FN13O4/c1-54(2)16-17-57-25-35(23-47-57)50-43-51-41(49-33-8-4-30(27-59)5-9-33)39-38(37-22-44(45,13-12-32(37)29-61)53-34-10-6-31(28-60)7-11-34)40(46)58(42(39)52-43)36-24-48-56(26-36)15-3-14-55-18-20-62-21-19-55/h12-13,23-26,29-31,33-34,53,59-60H,3-11,14-22,27-28,46H2,1-2H3,(H2,49,50,51,52). The second-order valence-corrected chi connectivity index (χ2v) is 17.9. The second-order valence-electron chi connectivity index (χ2n) is 17.9. The number of fused-ring (bicyclic) bond motifs is 1. The van der Waals surface area contributed by atoms with Crippen molar-refractivity contribution in [3.63, 3.8) is 0 Å². The van der Waals surface area contributed by atoms with Gasteiger partial charge in [0.25, 0.3) is 0 Å². The average molecular weight is 858 g/mol. The van der Waals surface area contributed by atoms with Gasteiger partial charge in [-0.25, -0.2) is 4.39 Å². The minimum absolute atomic E-state index is 0.0333. The number of ether oxygens (including phenoxy) is 1. The van der Waals surface area contributed by atoms with E-state index in [2.05, 4.69) is 30.8 Å². The average Bonchev–Trinajstić information content (AvgIpc) is 4.01. The molecule has 0 spiro atoms. The summed E-state index contributed by atoms with van der Waals surface area (Å²) in [6.45, 7) is 6.76. The first kappa shape index (κ1) is 43.9. The van der Waals surface area contributed by atoms with Crippen molar-refractivity contribution in [3.05, 3.63) is 48.1 Å². The molecular formula is C44H64FN13O4. The van der Waals surface area contributed by atoms with Gasteiger partial charge in [0, 0.05) is 88.0 Å². The van der Waals surface area contributed by atoms with Crippen molar-refractivity contribution in [2.24, 2.45) is 11.8 Å². The van der Waals surface area contributed by atoms with E-state index in [0.29, 0.717) is 69.8 Å². The van der Waals surface area contributed by atoms with Crippen LogP contribution in [-0.4, -0.2) is 145 Å². The van der Waals surface area contributed by atoms with Crippen LogP contribution in [0.2, 0.25) is 0 Å². The van der Waals surface area contributed by atoms with Crippen LogP contribution in [-0.2, 0) is 22.6 Å². The fourth-order valence-corrected chi connectivity index (χ4v) is 9.47. The number of aryl methyl sites for hydroxylation is 1. The van der Waals surface area contributed by atoms with E-state index >= 15 is 4.39 Å². The van der Waals surface area contributed by atoms with E-state index in [1.807, 2.05) is 40.4 Å². The van der Waals surface area contributed by atoms with Crippen LogP contribution in [0.15, 0.2) is 42.5 Å². The topological polar surface area (TPSA) is 202 Å². The molecule has 62 heavy (non-hydrogen) atoms. The van der Waals surface area contributed by atoms with E-state index in [1.165, 1.54) is 6.08 Å². The molecule has 4 aromatic heterocycles. The Morgan fingerprint density at radius 1 is 0.935 bits per heavy atom. The molecule has 4 aromatic rings. The Morgan fingerprint density at radius 3 is 2.32 bits per heavy atom. The first-order valence-electron chi connectivity index (χ1n) is 22.4. The van der Waals surface area contributed by atoms with Crippen molar-refractivity contribution in [1.82, 2.24) is 49.2 Å². The molecule has 0 amide bonds. The van der Waals surface area contributed by atoms with Gasteiger partial charge in [0.1, 0.15) is 17.9 Å². The summed E-state index contributed by atoms with van der Waals surface area (Å²) in [6.07, 6.45) is 18.4. The number of nitrogens with two attached hydrogens (primary N) is 1. The summed E-state index contributed by atoms with van der Waals surface area (Å²) in [5.74, 6) is -0.376. The molecule has 8 rings (SSSR count). The number of carbonyl (C=O) groups excluding carboxylic acids is 1. The summed E-state index contributed by atoms with van der Waals surface area (Å²) < 4.78 is 28.4. The molecule has 17 nitrogen and oxygen atoms in total. The zero-order valence-electron chi connectivity index (χ0n) is 36.2. The smallest absolute Gasteiger partial charge is 0.231 e. The molecule has 1 saturated heterocycles. The number of aliphatic hydroxyl groups is 2. The zero-order chi connectivity index (χ0) is 43.2. The third-order valence-electron chi connectivity index (χ3n) is 13.1. The molecule has 1 unspecified atom stereocenters. The Kier molecular flexibility index (Phi) is 14.0. The summed E-state index contributed by atoms with van der Waals surface area (Å²) in [7, 11) is 4.04. The van der Waals surface area contributed by atoms with Gasteiger partial charge in [0.2, 0.25) is 5.95 Å². The zero-order valence-corrected chi connectivity index (χ0v) is 36.2. The van der Waals surface area contributed by atoms with Crippen LogP contribution in [0.25, 0.3) is 22.3 Å². The number of nitrogens with zero attached hydrogens (tertiary/aromatic N) is 9. The van der Waals surface area contributed by atoms with Gasteiger partial charge in [0.05, 0.1) is 48.9 Å². The minimum atomic E-state index is -1.96. The molecule has 3 aliphatic carbocycles. The molecule has 2 saturated carbocycles. The monoisotopic (exact) mass is 858 g/mol. The molecule has 5 heterocycles. The maximum Gasteiger partial charge on any atom is 0.231 e. The van der Waals surface area contributed by atoms with Crippen LogP contribution in [0.5, 0.6) is 0 Å². The first-order chi connectivity index (χ1) is 30.1. The van der Waals surface area contributed by atoms with Crippen LogP contribution in [0.4, 0.5) is 27.7 Å². The van der Waals surface area contributed by atoms with E-state index in [0.717, 1.165) is 103 Å². The summed E-state index contributed by atoms with van der Waals surface area (Å²) in [6, 6.07) is -0.0549. The van der Waals surface area contributed by atoms with Crippen molar-refractivity contribution >= 4 is 46.2 Å². The predicted octanol–water partition coefficient (Wildman–Crippen LogP) is 4.11. The Morgan fingerprint density at radius 2 is 1.63 bits per heavy atom.